The van der Waals surface area contributed by atoms with E-state index < -0.39 is 0 Å². The number of nitrogens with zero attached hydrogens (tertiary/aromatic N) is 2. The second-order valence-corrected chi connectivity index (χ2v) is 4.76. The van der Waals surface area contributed by atoms with Gasteiger partial charge in [0.05, 0.1) is 18.3 Å². The maximum absolute atomic E-state index is 12.1. The molecule has 2 N–H and O–H groups in total. The van der Waals surface area contributed by atoms with Crippen LogP contribution in [0.2, 0.25) is 0 Å². The zero-order valence-electron chi connectivity index (χ0n) is 10.5. The van der Waals surface area contributed by atoms with Gasteiger partial charge in [0, 0.05) is 17.7 Å². The van der Waals surface area contributed by atoms with Crippen LogP contribution in [0.1, 0.15) is 22.0 Å². The fraction of sp³-hybridized carbons (Fsp3) is 0.250. The van der Waals surface area contributed by atoms with E-state index in [1.807, 2.05) is 0 Å². The Morgan fingerprint density at radius 2 is 2.21 bits per heavy atom. The van der Waals surface area contributed by atoms with Crippen LogP contribution >= 0.6 is 15.9 Å². The molecule has 7 heteroatoms. The first-order chi connectivity index (χ1) is 9.10. The molecule has 2 rings (SSSR count). The highest BCUT2D eigenvalue weighted by Crippen LogP contribution is 2.17. The third-order valence-electron chi connectivity index (χ3n) is 2.41. The summed E-state index contributed by atoms with van der Waals surface area (Å²) in [5.74, 6) is 1.46. The Kier molecular flexibility index (Phi) is 4.16. The lowest BCUT2D eigenvalue weighted by Crippen LogP contribution is -2.24. The van der Waals surface area contributed by atoms with Crippen molar-refractivity contribution in [3.8, 4) is 0 Å². The number of oxazole rings is 1. The number of hydrogen-bond acceptors (Lipinski definition) is 5. The molecule has 0 aliphatic heterocycles. The maximum Gasteiger partial charge on any atom is 0.255 e. The second-order valence-electron chi connectivity index (χ2n) is 3.85. The van der Waals surface area contributed by atoms with Gasteiger partial charge in [-0.3, -0.25) is 4.79 Å². The molecule has 0 atom stereocenters. The predicted octanol–water partition coefficient (Wildman–Crippen LogP) is 2.11. The van der Waals surface area contributed by atoms with E-state index >= 15 is 0 Å². The lowest BCUT2D eigenvalue weighted by atomic mass is 10.2. The van der Waals surface area contributed by atoms with Crippen molar-refractivity contribution in [2.75, 3.05) is 12.4 Å². The van der Waals surface area contributed by atoms with E-state index in [0.717, 1.165) is 4.47 Å². The number of nitrogens with one attached hydrogen (secondary N) is 2. The van der Waals surface area contributed by atoms with E-state index in [1.165, 1.54) is 0 Å². The third kappa shape index (κ3) is 3.31. The number of hydrogen-bond donors (Lipinski definition) is 2. The number of aromatic nitrogens is 2. The minimum absolute atomic E-state index is 0.238. The minimum Gasteiger partial charge on any atom is -0.444 e. The molecule has 0 saturated carbocycles. The molecule has 0 aliphatic carbocycles. The summed E-state index contributed by atoms with van der Waals surface area (Å²) in [5.41, 5.74) is 0.458. The topological polar surface area (TPSA) is 80.0 Å². The van der Waals surface area contributed by atoms with Gasteiger partial charge in [-0.1, -0.05) is 0 Å². The van der Waals surface area contributed by atoms with Crippen LogP contribution in [0.25, 0.3) is 0 Å². The van der Waals surface area contributed by atoms with E-state index in [2.05, 4.69) is 36.5 Å². The van der Waals surface area contributed by atoms with Gasteiger partial charge in [0.1, 0.15) is 11.6 Å². The van der Waals surface area contributed by atoms with E-state index in [1.54, 1.807) is 32.4 Å². The number of carbonyl (C=O) groups excluding carboxylic acids is 1. The fourth-order valence-corrected chi connectivity index (χ4v) is 1.88. The van der Waals surface area contributed by atoms with Crippen LogP contribution in [0.5, 0.6) is 0 Å². The molecule has 1 amide bonds. The van der Waals surface area contributed by atoms with Gasteiger partial charge in [-0.15, -0.1) is 0 Å². The van der Waals surface area contributed by atoms with Crippen LogP contribution in [0.3, 0.4) is 0 Å². The number of anilines is 1. The van der Waals surface area contributed by atoms with Gasteiger partial charge < -0.3 is 15.1 Å². The van der Waals surface area contributed by atoms with Crippen LogP contribution in [0, 0.1) is 6.92 Å². The summed E-state index contributed by atoms with van der Waals surface area (Å²) in [5, 5.41) is 5.61. The molecule has 0 fully saturated rings. The van der Waals surface area contributed by atoms with E-state index in [9.17, 15) is 4.79 Å². The first kappa shape index (κ1) is 13.5. The summed E-state index contributed by atoms with van der Waals surface area (Å²) in [6, 6.07) is 1.70. The van der Waals surface area contributed by atoms with Crippen molar-refractivity contribution in [2.24, 2.45) is 0 Å². The predicted molar refractivity (Wildman–Crippen MR) is 73.9 cm³/mol. The van der Waals surface area contributed by atoms with Gasteiger partial charge in [0.15, 0.2) is 0 Å². The Bertz CT molecular complexity index is 597. The van der Waals surface area contributed by atoms with Gasteiger partial charge in [-0.2, -0.15) is 0 Å². The van der Waals surface area contributed by atoms with Crippen LogP contribution in [0.4, 0.5) is 5.82 Å². The quantitative estimate of drug-likeness (QED) is 0.900. The van der Waals surface area contributed by atoms with Crippen molar-refractivity contribution in [1.82, 2.24) is 15.3 Å². The molecule has 0 saturated heterocycles. The van der Waals surface area contributed by atoms with E-state index in [4.69, 9.17) is 4.42 Å². The van der Waals surface area contributed by atoms with Crippen LogP contribution in [-0.4, -0.2) is 22.9 Å². The summed E-state index contributed by atoms with van der Waals surface area (Å²) in [6.45, 7) is 2.04. The smallest absolute Gasteiger partial charge is 0.255 e. The third-order valence-corrected chi connectivity index (χ3v) is 2.84. The normalized spacial score (nSPS) is 10.3. The summed E-state index contributed by atoms with van der Waals surface area (Å²) in [6.07, 6.45) is 3.24. The molecule has 6 nitrogen and oxygen atoms in total. The number of amides is 1. The Hall–Kier alpha value is -1.89. The highest BCUT2D eigenvalue weighted by molar-refractivity contribution is 9.10. The zero-order valence-corrected chi connectivity index (χ0v) is 12.1. The van der Waals surface area contributed by atoms with Gasteiger partial charge in [-0.05, 0) is 28.9 Å². The average Bonchev–Trinajstić information content (AvgIpc) is 2.81. The van der Waals surface area contributed by atoms with Crippen molar-refractivity contribution in [1.29, 1.82) is 0 Å². The van der Waals surface area contributed by atoms with Gasteiger partial charge in [-0.25, -0.2) is 9.97 Å². The summed E-state index contributed by atoms with van der Waals surface area (Å²) >= 11 is 3.29. The van der Waals surface area contributed by atoms with Crippen molar-refractivity contribution in [3.05, 3.63) is 40.1 Å². The van der Waals surface area contributed by atoms with E-state index in [-0.39, 0.29) is 12.5 Å². The largest absolute Gasteiger partial charge is 0.444 e. The lowest BCUT2D eigenvalue weighted by molar-refractivity contribution is 0.0947. The monoisotopic (exact) mass is 324 g/mol. The standard InChI is InChI=1S/C12H13BrN4O2/c1-7-4-15-10(19-7)6-17-12(18)9-3-8(13)5-16-11(9)14-2/h3-5H,6H2,1-2H3,(H,14,16)(H,17,18). The molecular weight excluding hydrogens is 312 g/mol. The fourth-order valence-electron chi connectivity index (χ4n) is 1.55. The number of rotatable bonds is 4. The Morgan fingerprint density at radius 1 is 1.42 bits per heavy atom. The molecule has 19 heavy (non-hydrogen) atoms. The number of halogens is 1. The average molecular weight is 325 g/mol. The van der Waals surface area contributed by atoms with E-state index in [0.29, 0.717) is 23.0 Å². The van der Waals surface area contributed by atoms with Crippen molar-refractivity contribution < 1.29 is 9.21 Å². The number of pyridine rings is 1. The van der Waals surface area contributed by atoms with Crippen LogP contribution in [0.15, 0.2) is 27.3 Å². The molecule has 0 spiro atoms. The van der Waals surface area contributed by atoms with Crippen LogP contribution in [-0.2, 0) is 6.54 Å². The molecular formula is C12H13BrN4O2. The molecule has 0 aromatic carbocycles. The highest BCUT2D eigenvalue weighted by Gasteiger charge is 2.13. The van der Waals surface area contributed by atoms with Crippen LogP contribution < -0.4 is 10.6 Å². The maximum atomic E-state index is 12.1. The molecule has 0 bridgehead atoms. The molecule has 0 aliphatic rings. The van der Waals surface area contributed by atoms with Gasteiger partial charge >= 0.3 is 0 Å². The van der Waals surface area contributed by atoms with Gasteiger partial charge in [0.25, 0.3) is 5.91 Å². The first-order valence-electron chi connectivity index (χ1n) is 5.63. The number of carbonyl (C=O) groups is 1. The Balaban J connectivity index is 2.09. The minimum atomic E-state index is -0.242. The van der Waals surface area contributed by atoms with Crippen molar-refractivity contribution in [3.63, 3.8) is 0 Å². The summed E-state index contributed by atoms with van der Waals surface area (Å²) in [7, 11) is 1.71. The first-order valence-corrected chi connectivity index (χ1v) is 6.42. The van der Waals surface area contributed by atoms with Crippen molar-refractivity contribution in [2.45, 2.75) is 13.5 Å². The molecule has 2 aromatic heterocycles. The zero-order chi connectivity index (χ0) is 13.8. The Labute approximate surface area is 118 Å². The molecule has 100 valence electrons. The second kappa shape index (κ2) is 5.83. The summed E-state index contributed by atoms with van der Waals surface area (Å²) in [4.78, 5) is 20.2. The molecule has 2 heterocycles. The highest BCUT2D eigenvalue weighted by atomic mass is 79.9. The van der Waals surface area contributed by atoms with Gasteiger partial charge in [0.2, 0.25) is 5.89 Å². The molecule has 0 unspecified atom stereocenters. The van der Waals surface area contributed by atoms with Crippen molar-refractivity contribution >= 4 is 27.7 Å². The Morgan fingerprint density at radius 3 is 2.84 bits per heavy atom. The summed E-state index contributed by atoms with van der Waals surface area (Å²) < 4.78 is 6.02. The molecule has 2 aromatic rings. The number of aryl methyl sites for hydroxylation is 1. The SMILES string of the molecule is CNc1ncc(Br)cc1C(=O)NCc1ncc(C)o1. The molecule has 0 radical (unpaired) electrons. The lowest BCUT2D eigenvalue weighted by Gasteiger charge is -2.08.